The summed E-state index contributed by atoms with van der Waals surface area (Å²) in [5.41, 5.74) is -1.05. The first kappa shape index (κ1) is 18.6. The molecule has 0 fully saturated rings. The number of fused-ring (bicyclic) bond motifs is 1. The predicted octanol–water partition coefficient (Wildman–Crippen LogP) is 2.88. The summed E-state index contributed by atoms with van der Waals surface area (Å²) >= 11 is 0. The number of anilines is 1. The molecule has 2 N–H and O–H groups in total. The number of amides is 1. The molecule has 0 bridgehead atoms. The van der Waals surface area contributed by atoms with E-state index in [1.165, 1.54) is 30.8 Å². The molecule has 146 valence electrons. The van der Waals surface area contributed by atoms with E-state index in [2.05, 4.69) is 20.6 Å². The fourth-order valence-electron chi connectivity index (χ4n) is 3.10. The van der Waals surface area contributed by atoms with Crippen LogP contribution in [0.2, 0.25) is 0 Å². The topological polar surface area (TPSA) is 82.9 Å². The SMILES string of the molecule is O=C(Nc1cc(F)cc(C(=O)C2=CNC3N=CC=NC23)c1F)c1cccc(F)c1. The van der Waals surface area contributed by atoms with E-state index in [0.29, 0.717) is 0 Å². The number of carbonyl (C=O) groups is 2. The van der Waals surface area contributed by atoms with Crippen LogP contribution in [0.25, 0.3) is 0 Å². The number of halogens is 3. The molecule has 4 rings (SSSR count). The minimum Gasteiger partial charge on any atom is -0.367 e. The lowest BCUT2D eigenvalue weighted by atomic mass is 9.97. The monoisotopic (exact) mass is 398 g/mol. The van der Waals surface area contributed by atoms with Crippen LogP contribution >= 0.6 is 0 Å². The third-order valence-corrected chi connectivity index (χ3v) is 4.47. The van der Waals surface area contributed by atoms with Gasteiger partial charge in [-0.1, -0.05) is 6.07 Å². The highest BCUT2D eigenvalue weighted by molar-refractivity contribution is 6.18. The molecule has 9 heteroatoms. The lowest BCUT2D eigenvalue weighted by molar-refractivity contribution is 0.101. The number of nitrogens with one attached hydrogen (secondary N) is 2. The van der Waals surface area contributed by atoms with Crippen molar-refractivity contribution in [2.75, 3.05) is 5.32 Å². The summed E-state index contributed by atoms with van der Waals surface area (Å²) in [7, 11) is 0. The molecule has 0 saturated carbocycles. The highest BCUT2D eigenvalue weighted by Gasteiger charge is 2.35. The Bertz CT molecular complexity index is 1110. The van der Waals surface area contributed by atoms with Gasteiger partial charge in [0.15, 0.2) is 11.6 Å². The van der Waals surface area contributed by atoms with Crippen LogP contribution < -0.4 is 10.6 Å². The second-order valence-electron chi connectivity index (χ2n) is 6.36. The number of hydrogen-bond donors (Lipinski definition) is 2. The summed E-state index contributed by atoms with van der Waals surface area (Å²) in [6, 6.07) is 5.57. The van der Waals surface area contributed by atoms with Crippen LogP contribution in [0.1, 0.15) is 20.7 Å². The lowest BCUT2D eigenvalue weighted by Gasteiger charge is -2.17. The molecule has 6 nitrogen and oxygen atoms in total. The molecule has 1 amide bonds. The summed E-state index contributed by atoms with van der Waals surface area (Å²) in [4.78, 5) is 33.3. The van der Waals surface area contributed by atoms with Gasteiger partial charge in [0, 0.05) is 35.8 Å². The quantitative estimate of drug-likeness (QED) is 0.777. The van der Waals surface area contributed by atoms with E-state index in [4.69, 9.17) is 0 Å². The van der Waals surface area contributed by atoms with Crippen molar-refractivity contribution in [1.29, 1.82) is 0 Å². The lowest BCUT2D eigenvalue weighted by Crippen LogP contribution is -2.32. The van der Waals surface area contributed by atoms with Gasteiger partial charge in [0.2, 0.25) is 0 Å². The van der Waals surface area contributed by atoms with E-state index >= 15 is 0 Å². The second-order valence-corrected chi connectivity index (χ2v) is 6.36. The van der Waals surface area contributed by atoms with Crippen LogP contribution in [-0.2, 0) is 0 Å². The Morgan fingerprint density at radius 2 is 1.79 bits per heavy atom. The summed E-state index contributed by atoms with van der Waals surface area (Å²) in [5.74, 6) is -4.30. The Morgan fingerprint density at radius 1 is 1.00 bits per heavy atom. The van der Waals surface area contributed by atoms with E-state index in [-0.39, 0.29) is 11.1 Å². The van der Waals surface area contributed by atoms with Crippen molar-refractivity contribution in [2.24, 2.45) is 9.98 Å². The maximum absolute atomic E-state index is 14.9. The first-order chi connectivity index (χ1) is 13.9. The van der Waals surface area contributed by atoms with Gasteiger partial charge in [0.1, 0.15) is 23.8 Å². The minimum atomic E-state index is -1.10. The third-order valence-electron chi connectivity index (χ3n) is 4.47. The third kappa shape index (κ3) is 3.54. The zero-order chi connectivity index (χ0) is 20.5. The fourth-order valence-corrected chi connectivity index (χ4v) is 3.10. The average molecular weight is 398 g/mol. The van der Waals surface area contributed by atoms with Crippen molar-refractivity contribution in [3.05, 3.63) is 76.7 Å². The first-order valence-corrected chi connectivity index (χ1v) is 8.56. The van der Waals surface area contributed by atoms with E-state index in [9.17, 15) is 22.8 Å². The van der Waals surface area contributed by atoms with Crippen LogP contribution in [0, 0.1) is 17.5 Å². The molecular formula is C20H13F3N4O2. The summed E-state index contributed by atoms with van der Waals surface area (Å²) in [5, 5.41) is 5.03. The number of nitrogens with zero attached hydrogens (tertiary/aromatic N) is 2. The van der Waals surface area contributed by atoms with E-state index in [1.54, 1.807) is 0 Å². The predicted molar refractivity (Wildman–Crippen MR) is 101 cm³/mol. The number of hydrogen-bond acceptors (Lipinski definition) is 5. The number of benzene rings is 2. The molecule has 2 aliphatic heterocycles. The smallest absolute Gasteiger partial charge is 0.255 e. The zero-order valence-electron chi connectivity index (χ0n) is 14.7. The van der Waals surface area contributed by atoms with E-state index < -0.39 is 52.6 Å². The molecule has 0 spiro atoms. The minimum absolute atomic E-state index is 0.0820. The van der Waals surface area contributed by atoms with Gasteiger partial charge in [-0.15, -0.1) is 0 Å². The molecule has 0 aliphatic carbocycles. The largest absolute Gasteiger partial charge is 0.367 e. The number of Topliss-reactive ketones (excluding diaryl/α,β-unsaturated/α-hetero) is 1. The Kier molecular flexibility index (Phi) is 4.71. The fraction of sp³-hybridized carbons (Fsp3) is 0.100. The van der Waals surface area contributed by atoms with Gasteiger partial charge in [0.25, 0.3) is 5.91 Å². The number of rotatable bonds is 4. The molecular weight excluding hydrogens is 385 g/mol. The number of carbonyl (C=O) groups excluding carboxylic acids is 2. The summed E-state index contributed by atoms with van der Waals surface area (Å²) in [6.07, 6.45) is 3.77. The second kappa shape index (κ2) is 7.34. The molecule has 0 saturated heterocycles. The van der Waals surface area contributed by atoms with Crippen LogP contribution in [0.4, 0.5) is 18.9 Å². The molecule has 2 heterocycles. The van der Waals surface area contributed by atoms with Gasteiger partial charge in [0.05, 0.1) is 11.3 Å². The van der Waals surface area contributed by atoms with Gasteiger partial charge in [-0.2, -0.15) is 0 Å². The van der Waals surface area contributed by atoms with Crippen LogP contribution in [-0.4, -0.2) is 36.3 Å². The molecule has 2 aromatic rings. The molecule has 0 radical (unpaired) electrons. The number of ketones is 1. The Balaban J connectivity index is 1.63. The van der Waals surface area contributed by atoms with Crippen molar-refractivity contribution in [2.45, 2.75) is 12.2 Å². The average Bonchev–Trinajstić information content (AvgIpc) is 3.14. The first-order valence-electron chi connectivity index (χ1n) is 8.56. The molecule has 2 aromatic carbocycles. The van der Waals surface area contributed by atoms with Crippen LogP contribution in [0.5, 0.6) is 0 Å². The highest BCUT2D eigenvalue weighted by atomic mass is 19.1. The molecule has 2 aliphatic rings. The van der Waals surface area contributed by atoms with E-state index in [1.807, 2.05) is 0 Å². The molecule has 2 unspecified atom stereocenters. The molecule has 0 aromatic heterocycles. The van der Waals surface area contributed by atoms with Crippen molar-refractivity contribution in [3.8, 4) is 0 Å². The Labute approximate surface area is 162 Å². The highest BCUT2D eigenvalue weighted by Crippen LogP contribution is 2.28. The molecule has 2 atom stereocenters. The van der Waals surface area contributed by atoms with E-state index in [0.717, 1.165) is 24.3 Å². The number of aliphatic imine (C=N–C) groups is 2. The van der Waals surface area contributed by atoms with Gasteiger partial charge in [-0.05, 0) is 24.3 Å². The van der Waals surface area contributed by atoms with Gasteiger partial charge in [-0.25, -0.2) is 13.2 Å². The normalized spacial score (nSPS) is 19.3. The maximum atomic E-state index is 14.9. The van der Waals surface area contributed by atoms with Crippen molar-refractivity contribution < 1.29 is 22.8 Å². The zero-order valence-corrected chi connectivity index (χ0v) is 14.7. The molecule has 29 heavy (non-hydrogen) atoms. The van der Waals surface area contributed by atoms with Gasteiger partial charge in [-0.3, -0.25) is 19.6 Å². The van der Waals surface area contributed by atoms with Crippen molar-refractivity contribution >= 4 is 29.8 Å². The van der Waals surface area contributed by atoms with Crippen LogP contribution in [0.15, 0.2) is 58.2 Å². The summed E-state index contributed by atoms with van der Waals surface area (Å²) in [6.45, 7) is 0. The maximum Gasteiger partial charge on any atom is 0.255 e. The van der Waals surface area contributed by atoms with Crippen molar-refractivity contribution in [1.82, 2.24) is 5.32 Å². The summed E-state index contributed by atoms with van der Waals surface area (Å²) < 4.78 is 42.3. The van der Waals surface area contributed by atoms with Gasteiger partial charge >= 0.3 is 0 Å². The standard InChI is InChI=1S/C20H13F3N4O2/c21-11-3-1-2-10(6-11)20(29)27-15-8-12(22)7-13(16(15)23)18(28)14-9-26-19-17(14)24-4-5-25-19/h1-9,17,19,26H,(H,27,29). The Morgan fingerprint density at radius 3 is 2.59 bits per heavy atom. The Hall–Kier alpha value is -3.75. The van der Waals surface area contributed by atoms with Crippen LogP contribution in [0.3, 0.4) is 0 Å². The van der Waals surface area contributed by atoms with Crippen molar-refractivity contribution in [3.63, 3.8) is 0 Å². The van der Waals surface area contributed by atoms with Gasteiger partial charge < -0.3 is 10.6 Å².